The van der Waals surface area contributed by atoms with Crippen LogP contribution < -0.4 is 10.6 Å². The summed E-state index contributed by atoms with van der Waals surface area (Å²) in [5, 5.41) is 10.8. The molecule has 38 heavy (non-hydrogen) atoms. The molecule has 0 saturated heterocycles. The second-order valence-corrected chi connectivity index (χ2v) is 10.0. The van der Waals surface area contributed by atoms with Crippen molar-refractivity contribution >= 4 is 34.3 Å². The van der Waals surface area contributed by atoms with Gasteiger partial charge in [0.25, 0.3) is 5.91 Å². The summed E-state index contributed by atoms with van der Waals surface area (Å²) in [6.45, 7) is 3.96. The van der Waals surface area contributed by atoms with Crippen molar-refractivity contribution in [2.75, 3.05) is 5.32 Å². The highest BCUT2D eigenvalue weighted by Crippen LogP contribution is 2.32. The number of hydrogen-bond acceptors (Lipinski definition) is 4. The number of nitrogens with one attached hydrogen (secondary N) is 2. The van der Waals surface area contributed by atoms with Crippen LogP contribution in [0.4, 0.5) is 10.3 Å². The third-order valence-electron chi connectivity index (χ3n) is 7.04. The quantitative estimate of drug-likeness (QED) is 0.329. The SMILES string of the molecule is Cc1cccc([C@H](C)NC(=O)c2cn(C)c3cc(F)c(-c4ccn5nc(NC(=O)C6CC6)nc5c4)cc23)c1. The van der Waals surface area contributed by atoms with Gasteiger partial charge in [0.1, 0.15) is 5.82 Å². The molecule has 0 aliphatic heterocycles. The summed E-state index contributed by atoms with van der Waals surface area (Å²) in [4.78, 5) is 29.8. The molecule has 1 saturated carbocycles. The lowest BCUT2D eigenvalue weighted by Gasteiger charge is -2.15. The van der Waals surface area contributed by atoms with Gasteiger partial charge in [-0.25, -0.2) is 8.91 Å². The molecule has 5 aromatic rings. The molecule has 2 aromatic carbocycles. The summed E-state index contributed by atoms with van der Waals surface area (Å²) in [7, 11) is 1.79. The lowest BCUT2D eigenvalue weighted by molar-refractivity contribution is -0.117. The van der Waals surface area contributed by atoms with E-state index < -0.39 is 5.82 Å². The first-order valence-electron chi connectivity index (χ1n) is 12.6. The molecular formula is C29H27FN6O2. The highest BCUT2D eigenvalue weighted by Gasteiger charge is 2.30. The zero-order valence-corrected chi connectivity index (χ0v) is 21.3. The Hall–Kier alpha value is -4.53. The topological polar surface area (TPSA) is 93.3 Å². The zero-order valence-electron chi connectivity index (χ0n) is 21.3. The number of rotatable bonds is 6. The third-order valence-corrected chi connectivity index (χ3v) is 7.04. The second-order valence-electron chi connectivity index (χ2n) is 10.0. The summed E-state index contributed by atoms with van der Waals surface area (Å²) in [6.07, 6.45) is 5.17. The van der Waals surface area contributed by atoms with Crippen LogP contribution in [0.3, 0.4) is 0 Å². The van der Waals surface area contributed by atoms with Crippen molar-refractivity contribution in [1.29, 1.82) is 0 Å². The van der Waals surface area contributed by atoms with Gasteiger partial charge in [-0.05, 0) is 62.1 Å². The number of carbonyl (C=O) groups is 2. The van der Waals surface area contributed by atoms with Gasteiger partial charge >= 0.3 is 0 Å². The Bertz CT molecular complexity index is 1730. The molecule has 0 spiro atoms. The molecular weight excluding hydrogens is 483 g/mol. The van der Waals surface area contributed by atoms with Crippen LogP contribution in [0.25, 0.3) is 27.7 Å². The van der Waals surface area contributed by atoms with Gasteiger partial charge in [0.15, 0.2) is 5.65 Å². The van der Waals surface area contributed by atoms with Crippen molar-refractivity contribution in [3.63, 3.8) is 0 Å². The van der Waals surface area contributed by atoms with Gasteiger partial charge in [-0.15, -0.1) is 5.10 Å². The van der Waals surface area contributed by atoms with E-state index in [0.717, 1.165) is 24.0 Å². The number of amides is 2. The first-order chi connectivity index (χ1) is 18.3. The maximum absolute atomic E-state index is 15.3. The Morgan fingerprint density at radius 2 is 1.95 bits per heavy atom. The summed E-state index contributed by atoms with van der Waals surface area (Å²) >= 11 is 0. The van der Waals surface area contributed by atoms with E-state index in [1.165, 1.54) is 10.6 Å². The Morgan fingerprint density at radius 3 is 2.71 bits per heavy atom. The molecule has 3 aromatic heterocycles. The lowest BCUT2D eigenvalue weighted by atomic mass is 10.0. The second kappa shape index (κ2) is 9.09. The number of benzene rings is 2. The van der Waals surface area contributed by atoms with E-state index in [1.54, 1.807) is 42.2 Å². The number of fused-ring (bicyclic) bond motifs is 2. The van der Waals surface area contributed by atoms with E-state index in [-0.39, 0.29) is 29.7 Å². The maximum Gasteiger partial charge on any atom is 0.253 e. The van der Waals surface area contributed by atoms with Crippen molar-refractivity contribution in [2.24, 2.45) is 13.0 Å². The molecule has 0 unspecified atom stereocenters. The number of nitrogens with zero attached hydrogens (tertiary/aromatic N) is 4. The minimum atomic E-state index is -0.412. The molecule has 8 nitrogen and oxygen atoms in total. The number of carbonyl (C=O) groups excluding carboxylic acids is 2. The first kappa shape index (κ1) is 23.8. The van der Waals surface area contributed by atoms with Crippen LogP contribution >= 0.6 is 0 Å². The number of aromatic nitrogens is 4. The smallest absolute Gasteiger partial charge is 0.253 e. The van der Waals surface area contributed by atoms with Crippen molar-refractivity contribution in [1.82, 2.24) is 24.5 Å². The summed E-state index contributed by atoms with van der Waals surface area (Å²) in [5.41, 5.74) is 4.64. The number of pyridine rings is 1. The number of hydrogen-bond donors (Lipinski definition) is 2. The minimum Gasteiger partial charge on any atom is -0.350 e. The standard InChI is InChI=1S/C29H27FN6O2/c1-16-5-4-6-19(11-16)17(2)31-28(38)23-15-35(3)25-14-24(30)21(13-22(23)25)20-9-10-36-26(12-20)32-29(34-36)33-27(37)18-7-8-18/h4-6,9-15,17-18H,7-8H2,1-3H3,(H,31,38)(H,33,34,37)/t17-/m0/s1. The molecule has 1 fully saturated rings. The molecule has 1 atom stereocenters. The minimum absolute atomic E-state index is 0.0371. The fourth-order valence-electron chi connectivity index (χ4n) is 4.76. The van der Waals surface area contributed by atoms with Crippen molar-refractivity contribution in [2.45, 2.75) is 32.7 Å². The monoisotopic (exact) mass is 510 g/mol. The zero-order chi connectivity index (χ0) is 26.6. The molecule has 1 aliphatic carbocycles. The van der Waals surface area contributed by atoms with E-state index in [0.29, 0.717) is 33.2 Å². The molecule has 2 amide bonds. The maximum atomic E-state index is 15.3. The van der Waals surface area contributed by atoms with Gasteiger partial charge < -0.3 is 9.88 Å². The summed E-state index contributed by atoms with van der Waals surface area (Å²) < 4.78 is 18.6. The molecule has 9 heteroatoms. The van der Waals surface area contributed by atoms with Gasteiger partial charge in [0.05, 0.1) is 17.1 Å². The van der Waals surface area contributed by atoms with Crippen LogP contribution in [0.1, 0.15) is 47.3 Å². The summed E-state index contributed by atoms with van der Waals surface area (Å²) in [5.74, 6) is -0.463. The predicted octanol–water partition coefficient (Wildman–Crippen LogP) is 5.18. The molecule has 0 bridgehead atoms. The first-order valence-corrected chi connectivity index (χ1v) is 12.6. The molecule has 2 N–H and O–H groups in total. The number of halogens is 1. The predicted molar refractivity (Wildman–Crippen MR) is 143 cm³/mol. The highest BCUT2D eigenvalue weighted by molar-refractivity contribution is 6.08. The van der Waals surface area contributed by atoms with Crippen LogP contribution in [0.2, 0.25) is 0 Å². The number of anilines is 1. The lowest BCUT2D eigenvalue weighted by Crippen LogP contribution is -2.26. The molecule has 1 aliphatic rings. The van der Waals surface area contributed by atoms with Crippen LogP contribution in [-0.4, -0.2) is 31.0 Å². The third kappa shape index (κ3) is 4.40. The van der Waals surface area contributed by atoms with Gasteiger partial charge in [-0.1, -0.05) is 29.8 Å². The number of aryl methyl sites for hydroxylation is 2. The Morgan fingerprint density at radius 1 is 1.13 bits per heavy atom. The van der Waals surface area contributed by atoms with Crippen molar-refractivity contribution in [3.05, 3.63) is 83.4 Å². The van der Waals surface area contributed by atoms with Crippen LogP contribution in [-0.2, 0) is 11.8 Å². The average molecular weight is 511 g/mol. The van der Waals surface area contributed by atoms with E-state index in [9.17, 15) is 9.59 Å². The van der Waals surface area contributed by atoms with E-state index in [2.05, 4.69) is 20.7 Å². The highest BCUT2D eigenvalue weighted by atomic mass is 19.1. The van der Waals surface area contributed by atoms with E-state index in [1.807, 2.05) is 38.1 Å². The molecule has 3 heterocycles. The van der Waals surface area contributed by atoms with Crippen LogP contribution in [0, 0.1) is 18.7 Å². The molecule has 192 valence electrons. The van der Waals surface area contributed by atoms with E-state index >= 15 is 4.39 Å². The van der Waals surface area contributed by atoms with Crippen molar-refractivity contribution in [3.8, 4) is 11.1 Å². The largest absolute Gasteiger partial charge is 0.350 e. The van der Waals surface area contributed by atoms with Gasteiger partial charge in [-0.2, -0.15) is 4.98 Å². The van der Waals surface area contributed by atoms with Crippen LogP contribution in [0.15, 0.2) is 60.9 Å². The molecule has 0 radical (unpaired) electrons. The van der Waals surface area contributed by atoms with E-state index in [4.69, 9.17) is 0 Å². The van der Waals surface area contributed by atoms with Gasteiger partial charge in [0.2, 0.25) is 11.9 Å². The Balaban J connectivity index is 1.33. The van der Waals surface area contributed by atoms with Crippen molar-refractivity contribution < 1.29 is 14.0 Å². The Kier molecular flexibility index (Phi) is 5.71. The average Bonchev–Trinajstić information content (AvgIpc) is 3.60. The molecule has 6 rings (SSSR count). The van der Waals surface area contributed by atoms with Crippen LogP contribution in [0.5, 0.6) is 0 Å². The Labute approximate surface area is 218 Å². The fraction of sp³-hybridized carbons (Fsp3) is 0.241. The fourth-order valence-corrected chi connectivity index (χ4v) is 4.76. The van der Waals surface area contributed by atoms with Gasteiger partial charge in [0, 0.05) is 36.3 Å². The van der Waals surface area contributed by atoms with Gasteiger partial charge in [-0.3, -0.25) is 14.9 Å². The summed E-state index contributed by atoms with van der Waals surface area (Å²) in [6, 6.07) is 14.4. The normalized spacial score (nSPS) is 14.1.